The highest BCUT2D eigenvalue weighted by Gasteiger charge is 2.16. The van der Waals surface area contributed by atoms with E-state index in [-0.39, 0.29) is 16.6 Å². The molecule has 0 aliphatic heterocycles. The molecule has 1 aromatic rings. The molecule has 0 saturated carbocycles. The lowest BCUT2D eigenvalue weighted by atomic mass is 10.1. The smallest absolute Gasteiger partial charge is 0.335 e. The van der Waals surface area contributed by atoms with E-state index in [1.165, 1.54) is 11.8 Å². The van der Waals surface area contributed by atoms with Gasteiger partial charge in [-0.1, -0.05) is 6.07 Å². The van der Waals surface area contributed by atoms with Crippen LogP contribution in [0.25, 0.3) is 0 Å². The lowest BCUT2D eigenvalue weighted by Gasteiger charge is -2.08. The minimum atomic E-state index is -3.04. The van der Waals surface area contributed by atoms with Crippen molar-refractivity contribution in [1.82, 2.24) is 0 Å². The van der Waals surface area contributed by atoms with E-state index in [1.807, 2.05) is 6.07 Å². The van der Waals surface area contributed by atoms with Gasteiger partial charge in [-0.3, -0.25) is 0 Å². The van der Waals surface area contributed by atoms with E-state index >= 15 is 0 Å². The van der Waals surface area contributed by atoms with Crippen molar-refractivity contribution in [2.45, 2.75) is 30.9 Å². The second-order valence-electron chi connectivity index (χ2n) is 4.55. The molecular weight excluding hydrogens is 284 g/mol. The van der Waals surface area contributed by atoms with Gasteiger partial charge < -0.3 is 5.11 Å². The minimum Gasteiger partial charge on any atom is -0.478 e. The highest BCUT2D eigenvalue weighted by molar-refractivity contribution is 8.00. The maximum atomic E-state index is 11.6. The maximum absolute atomic E-state index is 11.6. The number of sulfone groups is 1. The van der Waals surface area contributed by atoms with Gasteiger partial charge >= 0.3 is 5.97 Å². The van der Waals surface area contributed by atoms with E-state index in [9.17, 15) is 13.2 Å². The molecule has 0 unspecified atom stereocenters. The minimum absolute atomic E-state index is 0.103. The molecule has 4 nitrogen and oxygen atoms in total. The number of thioether (sulfide) groups is 1. The van der Waals surface area contributed by atoms with Gasteiger partial charge in [-0.25, -0.2) is 13.2 Å². The van der Waals surface area contributed by atoms with Gasteiger partial charge in [0.25, 0.3) is 0 Å². The van der Waals surface area contributed by atoms with Crippen LogP contribution in [0.3, 0.4) is 0 Å². The van der Waals surface area contributed by atoms with Crippen molar-refractivity contribution in [2.24, 2.45) is 0 Å². The summed E-state index contributed by atoms with van der Waals surface area (Å²) in [5.74, 6) is -0.427. The highest BCUT2D eigenvalue weighted by Crippen LogP contribution is 2.22. The first kappa shape index (κ1) is 16.0. The van der Waals surface area contributed by atoms with E-state index in [4.69, 9.17) is 5.11 Å². The van der Waals surface area contributed by atoms with Gasteiger partial charge in [-0.2, -0.15) is 0 Å². The van der Waals surface area contributed by atoms with Crippen LogP contribution in [0.15, 0.2) is 23.1 Å². The SMILES string of the molecule is Cc1ccc(SCCS(=O)(=O)C(C)C)cc1C(=O)O. The largest absolute Gasteiger partial charge is 0.478 e. The molecular formula is C13H18O4S2. The molecule has 0 aromatic heterocycles. The van der Waals surface area contributed by atoms with Crippen molar-refractivity contribution in [3.63, 3.8) is 0 Å². The van der Waals surface area contributed by atoms with E-state index in [2.05, 4.69) is 0 Å². The predicted molar refractivity (Wildman–Crippen MR) is 77.8 cm³/mol. The number of aryl methyl sites for hydroxylation is 1. The summed E-state index contributed by atoms with van der Waals surface area (Å²) in [5.41, 5.74) is 0.961. The van der Waals surface area contributed by atoms with Crippen LogP contribution in [0.1, 0.15) is 29.8 Å². The lowest BCUT2D eigenvalue weighted by Crippen LogP contribution is -2.18. The van der Waals surface area contributed by atoms with E-state index in [0.29, 0.717) is 11.3 Å². The van der Waals surface area contributed by atoms with Crippen LogP contribution in [-0.4, -0.2) is 36.2 Å². The summed E-state index contributed by atoms with van der Waals surface area (Å²) < 4.78 is 23.3. The molecule has 19 heavy (non-hydrogen) atoms. The molecule has 0 aliphatic rings. The molecule has 0 heterocycles. The van der Waals surface area contributed by atoms with Crippen LogP contribution in [0.4, 0.5) is 0 Å². The normalized spacial score (nSPS) is 11.8. The number of carboxylic acids is 1. The van der Waals surface area contributed by atoms with Gasteiger partial charge in [-0.05, 0) is 38.5 Å². The summed E-state index contributed by atoms with van der Waals surface area (Å²) in [7, 11) is -3.04. The molecule has 1 rings (SSSR count). The first-order valence-corrected chi connectivity index (χ1v) is 8.62. The van der Waals surface area contributed by atoms with Crippen molar-refractivity contribution in [2.75, 3.05) is 11.5 Å². The Morgan fingerprint density at radius 1 is 1.37 bits per heavy atom. The van der Waals surface area contributed by atoms with Crippen LogP contribution >= 0.6 is 11.8 Å². The van der Waals surface area contributed by atoms with E-state index in [1.54, 1.807) is 32.9 Å². The Labute approximate surface area is 118 Å². The first-order valence-electron chi connectivity index (χ1n) is 5.92. The molecule has 0 amide bonds. The Morgan fingerprint density at radius 2 is 2.00 bits per heavy atom. The number of aromatic carboxylic acids is 1. The fourth-order valence-corrected chi connectivity index (χ4v) is 3.77. The van der Waals surface area contributed by atoms with Gasteiger partial charge in [-0.15, -0.1) is 11.8 Å². The number of rotatable bonds is 6. The Hall–Kier alpha value is -1.01. The number of carbonyl (C=O) groups is 1. The molecule has 0 fully saturated rings. The number of carboxylic acid groups (broad SMARTS) is 1. The topological polar surface area (TPSA) is 71.4 Å². The summed E-state index contributed by atoms with van der Waals surface area (Å²) >= 11 is 1.36. The third-order valence-corrected chi connectivity index (χ3v) is 6.26. The van der Waals surface area contributed by atoms with Gasteiger partial charge in [0.1, 0.15) is 0 Å². The number of benzene rings is 1. The zero-order valence-corrected chi connectivity index (χ0v) is 12.8. The number of hydrogen-bond acceptors (Lipinski definition) is 4. The molecule has 0 radical (unpaired) electrons. The number of hydrogen-bond donors (Lipinski definition) is 1. The van der Waals surface area contributed by atoms with E-state index < -0.39 is 15.8 Å². The summed E-state index contributed by atoms with van der Waals surface area (Å²) in [6, 6.07) is 5.14. The van der Waals surface area contributed by atoms with Crippen molar-refractivity contribution in [3.8, 4) is 0 Å². The summed E-state index contributed by atoms with van der Waals surface area (Å²) in [6.07, 6.45) is 0. The fourth-order valence-electron chi connectivity index (χ4n) is 1.43. The van der Waals surface area contributed by atoms with E-state index in [0.717, 1.165) is 4.90 Å². The molecule has 0 aliphatic carbocycles. The maximum Gasteiger partial charge on any atom is 0.335 e. The fraction of sp³-hybridized carbons (Fsp3) is 0.462. The third-order valence-electron chi connectivity index (χ3n) is 2.79. The van der Waals surface area contributed by atoms with Crippen LogP contribution in [0.5, 0.6) is 0 Å². The molecule has 106 valence electrons. The van der Waals surface area contributed by atoms with Crippen molar-refractivity contribution in [3.05, 3.63) is 29.3 Å². The van der Waals surface area contributed by atoms with Crippen LogP contribution < -0.4 is 0 Å². The Morgan fingerprint density at radius 3 is 2.53 bits per heavy atom. The Balaban J connectivity index is 2.70. The molecule has 0 bridgehead atoms. The van der Waals surface area contributed by atoms with Gasteiger partial charge in [0, 0.05) is 10.6 Å². The molecule has 0 atom stereocenters. The average molecular weight is 302 g/mol. The molecule has 0 spiro atoms. The summed E-state index contributed by atoms with van der Waals surface area (Å²) in [6.45, 7) is 5.06. The van der Waals surface area contributed by atoms with Gasteiger partial charge in [0.15, 0.2) is 9.84 Å². The first-order chi connectivity index (χ1) is 8.74. The van der Waals surface area contributed by atoms with Gasteiger partial charge in [0.05, 0.1) is 16.6 Å². The van der Waals surface area contributed by atoms with Crippen LogP contribution in [-0.2, 0) is 9.84 Å². The summed E-state index contributed by atoms with van der Waals surface area (Å²) in [5, 5.41) is 8.64. The van der Waals surface area contributed by atoms with Crippen LogP contribution in [0.2, 0.25) is 0 Å². The lowest BCUT2D eigenvalue weighted by molar-refractivity contribution is 0.0696. The third kappa shape index (κ3) is 4.54. The molecule has 1 aromatic carbocycles. The molecule has 0 saturated heterocycles. The molecule has 1 N–H and O–H groups in total. The van der Waals surface area contributed by atoms with Crippen LogP contribution in [0, 0.1) is 6.92 Å². The second-order valence-corrected chi connectivity index (χ2v) is 8.39. The molecule has 6 heteroatoms. The Kier molecular flexibility index (Phi) is 5.43. The van der Waals surface area contributed by atoms with Gasteiger partial charge in [0.2, 0.25) is 0 Å². The summed E-state index contributed by atoms with van der Waals surface area (Å²) in [4.78, 5) is 11.8. The highest BCUT2D eigenvalue weighted by atomic mass is 32.2. The average Bonchev–Trinajstić information content (AvgIpc) is 2.30. The quantitative estimate of drug-likeness (QED) is 0.818. The zero-order valence-electron chi connectivity index (χ0n) is 11.2. The monoisotopic (exact) mass is 302 g/mol. The standard InChI is InChI=1S/C13H18O4S2/c1-9(2)19(16,17)7-6-18-11-5-4-10(3)12(8-11)13(14)15/h4-5,8-9H,6-7H2,1-3H3,(H,14,15). The van der Waals surface area contributed by atoms with Crippen molar-refractivity contribution in [1.29, 1.82) is 0 Å². The Bertz CT molecular complexity index is 562. The van der Waals surface area contributed by atoms with Crippen molar-refractivity contribution >= 4 is 27.6 Å². The zero-order chi connectivity index (χ0) is 14.6. The second kappa shape index (κ2) is 6.43. The van der Waals surface area contributed by atoms with Crippen molar-refractivity contribution < 1.29 is 18.3 Å². The predicted octanol–water partition coefficient (Wildman–Crippen LogP) is 2.61.